The average molecular weight is 214 g/mol. The largest absolute Gasteiger partial charge is 1.00 e. The summed E-state index contributed by atoms with van der Waals surface area (Å²) in [6.07, 6.45) is 0. The fraction of sp³-hybridized carbons (Fsp3) is 0. The van der Waals surface area contributed by atoms with Crippen LogP contribution in [0.1, 0.15) is 4.28 Å². The first-order valence-electron chi connectivity index (χ1n) is 0.894. The van der Waals surface area contributed by atoms with Gasteiger partial charge in [-0.05, 0) is 0 Å². The Labute approximate surface area is 157 Å². The molecule has 0 aliphatic rings. The Balaban J connectivity index is -0.00000000381. The summed E-state index contributed by atoms with van der Waals surface area (Å²) in [4.78, 5) is 29.3. The van der Waals surface area contributed by atoms with Gasteiger partial charge in [0.15, 0.2) is 17.4 Å². The molecule has 0 saturated heterocycles. The summed E-state index contributed by atoms with van der Waals surface area (Å²) in [5.74, 6) is 0. The van der Waals surface area contributed by atoms with Crippen LogP contribution in [0.15, 0.2) is 0 Å². The van der Waals surface area contributed by atoms with E-state index >= 15 is 0 Å². The first-order chi connectivity index (χ1) is 2.00. The van der Waals surface area contributed by atoms with Crippen molar-refractivity contribution >= 4 is 26.4 Å². The van der Waals surface area contributed by atoms with E-state index in [1.165, 1.54) is 0 Å². The minimum atomic E-state index is -4.61. The maximum Gasteiger partial charge on any atom is 1.00 e. The molecule has 0 aromatic heterocycles. The van der Waals surface area contributed by atoms with E-state index in [-0.39, 0.29) is 132 Å². The van der Waals surface area contributed by atoms with Gasteiger partial charge in [-0.3, -0.25) is 0 Å². The molecule has 0 spiro atoms. The minimum absolute atomic E-state index is 0. The van der Waals surface area contributed by atoms with E-state index in [1.807, 2.05) is 0 Å². The Morgan fingerprint density at radius 1 is 0.889 bits per heavy atom. The van der Waals surface area contributed by atoms with Crippen LogP contribution >= 0.6 is 0 Å². The summed E-state index contributed by atoms with van der Waals surface area (Å²) in [7, 11) is -4.61. The fourth-order valence-corrected chi connectivity index (χ4v) is 0. The van der Waals surface area contributed by atoms with Crippen LogP contribution in [0.2, 0.25) is 0 Å². The second kappa shape index (κ2) is 14.7. The summed E-state index contributed by atoms with van der Waals surface area (Å²) < 4.78 is 0. The maximum absolute atomic E-state index is 7.33. The molecule has 9 heavy (non-hydrogen) atoms. The summed E-state index contributed by atoms with van der Waals surface area (Å²) in [6.45, 7) is 0. The van der Waals surface area contributed by atoms with Gasteiger partial charge in [-0.2, -0.15) is 0 Å². The molecule has 0 unspecified atom stereocenters. The molecule has 0 bridgehead atoms. The summed E-state index contributed by atoms with van der Waals surface area (Å²) in [6, 6.07) is 0. The van der Waals surface area contributed by atoms with Crippen molar-refractivity contribution in [2.45, 2.75) is 0 Å². The first kappa shape index (κ1) is 29.2. The molecule has 0 heterocycles. The van der Waals surface area contributed by atoms with Crippen LogP contribution in [0.25, 0.3) is 0 Å². The van der Waals surface area contributed by atoms with Crippen LogP contribution in [-0.4, -0.2) is 45.6 Å². The molecule has 4 nitrogen and oxygen atoms in total. The van der Waals surface area contributed by atoms with Crippen LogP contribution in [0.5, 0.6) is 0 Å². The van der Waals surface area contributed by atoms with Crippen LogP contribution in [-0.2, 0) is 0 Å². The van der Waals surface area contributed by atoms with Gasteiger partial charge in [-0.25, -0.2) is 0 Å². The molecule has 0 saturated carbocycles. The SMILES string of the molecule is O[Si](O)(O)O.[AlH3].[H-].[H-].[H-].[K+].[Na+].[Na+]. The molecule has 44 valence electrons. The van der Waals surface area contributed by atoms with Crippen LogP contribution in [0, 0.1) is 0 Å². The third-order valence-corrected chi connectivity index (χ3v) is 0. The van der Waals surface area contributed by atoms with Crippen LogP contribution in [0.3, 0.4) is 0 Å². The van der Waals surface area contributed by atoms with Crippen molar-refractivity contribution in [1.82, 2.24) is 0 Å². The van der Waals surface area contributed by atoms with E-state index in [4.69, 9.17) is 19.2 Å². The molecule has 4 N–H and O–H groups in total. The van der Waals surface area contributed by atoms with Gasteiger partial charge in [0.25, 0.3) is 0 Å². The van der Waals surface area contributed by atoms with E-state index in [0.717, 1.165) is 0 Å². The molecule has 0 aliphatic carbocycles. The van der Waals surface area contributed by atoms with E-state index < -0.39 is 9.05 Å². The van der Waals surface area contributed by atoms with E-state index in [1.54, 1.807) is 0 Å². The van der Waals surface area contributed by atoms with Gasteiger partial charge < -0.3 is 23.5 Å². The van der Waals surface area contributed by atoms with Crippen molar-refractivity contribution in [3.8, 4) is 0 Å². The molecule has 0 atom stereocenters. The predicted molar refractivity (Wildman–Crippen MR) is 27.9 cm³/mol. The molecule has 0 rings (SSSR count). The van der Waals surface area contributed by atoms with Gasteiger partial charge >= 0.3 is 120 Å². The first-order valence-corrected chi connectivity index (χ1v) is 2.68. The smallest absolute Gasteiger partial charge is 1.00 e. The van der Waals surface area contributed by atoms with E-state index in [0.29, 0.717) is 0 Å². The molecule has 0 radical (unpaired) electrons. The molecule has 0 amide bonds. The van der Waals surface area contributed by atoms with Crippen molar-refractivity contribution in [2.75, 3.05) is 0 Å². The fourth-order valence-electron chi connectivity index (χ4n) is 0. The van der Waals surface area contributed by atoms with E-state index in [2.05, 4.69) is 0 Å². The average Bonchev–Trinajstić information content (AvgIpc) is 0.722. The molecule has 0 aromatic carbocycles. The second-order valence-electron chi connectivity index (χ2n) is 0.600. The van der Waals surface area contributed by atoms with Crippen molar-refractivity contribution in [1.29, 1.82) is 0 Å². The summed E-state index contributed by atoms with van der Waals surface area (Å²) in [5.41, 5.74) is 0. The standard InChI is InChI=1S/Al.K.2Na.H4O4Si.6H/c;;;;1-5(2,3)4;;;;;;/h;;;;1-4H;;;;;;/q;3*+1;;;;;3*-1. The van der Waals surface area contributed by atoms with Crippen LogP contribution < -0.4 is 110 Å². The summed E-state index contributed by atoms with van der Waals surface area (Å²) in [5, 5.41) is 0. The van der Waals surface area contributed by atoms with Gasteiger partial charge in [-0.15, -0.1) is 0 Å². The molecule has 0 fully saturated rings. The van der Waals surface area contributed by atoms with Crippen molar-refractivity contribution < 1.29 is 134 Å². The van der Waals surface area contributed by atoms with Crippen molar-refractivity contribution in [3.05, 3.63) is 0 Å². The van der Waals surface area contributed by atoms with Gasteiger partial charge in [0, 0.05) is 0 Å². The number of hydrogen-bond donors (Lipinski definition) is 4. The minimum Gasteiger partial charge on any atom is -1.00 e. The predicted octanol–water partition coefficient (Wildman–Crippen LogP) is -12.4. The Kier molecular flexibility index (Phi) is 47.8. The third kappa shape index (κ3) is 71.6. The van der Waals surface area contributed by atoms with Gasteiger partial charge in [-0.1, -0.05) is 0 Å². The second-order valence-corrected chi connectivity index (χ2v) is 1.80. The monoisotopic (exact) mass is 214 g/mol. The molecular weight excluding hydrogens is 204 g/mol. The van der Waals surface area contributed by atoms with Crippen molar-refractivity contribution in [3.63, 3.8) is 0 Å². The van der Waals surface area contributed by atoms with Gasteiger partial charge in [0.05, 0.1) is 0 Å². The zero-order chi connectivity index (χ0) is 4.50. The quantitative estimate of drug-likeness (QED) is 0.302. The molecular formula is H10AlKNa2O4Si. The normalized spacial score (nSPS) is 6.67. The Bertz CT molecular complexity index is 43.8. The van der Waals surface area contributed by atoms with Crippen molar-refractivity contribution in [2.24, 2.45) is 0 Å². The van der Waals surface area contributed by atoms with E-state index in [9.17, 15) is 0 Å². The van der Waals surface area contributed by atoms with Gasteiger partial charge in [0.2, 0.25) is 0 Å². The zero-order valence-electron chi connectivity index (χ0n) is 8.29. The van der Waals surface area contributed by atoms with Crippen LogP contribution in [0.4, 0.5) is 0 Å². The number of rotatable bonds is 0. The summed E-state index contributed by atoms with van der Waals surface area (Å²) >= 11 is 0. The zero-order valence-corrected chi connectivity index (χ0v) is 13.4. The van der Waals surface area contributed by atoms with Gasteiger partial charge in [0.1, 0.15) is 0 Å². The Hall–Kier alpha value is 4.23. The molecule has 0 aliphatic heterocycles. The Morgan fingerprint density at radius 2 is 0.889 bits per heavy atom. The Morgan fingerprint density at radius 3 is 0.889 bits per heavy atom. The third-order valence-electron chi connectivity index (χ3n) is 0. The maximum atomic E-state index is 7.33. The topological polar surface area (TPSA) is 80.9 Å². The molecule has 9 heteroatoms. The molecule has 0 aromatic rings. The number of hydrogen-bond acceptors (Lipinski definition) is 4.